The third kappa shape index (κ3) is 2.14. The summed E-state index contributed by atoms with van der Waals surface area (Å²) in [7, 11) is 0. The molecule has 0 saturated carbocycles. The molecule has 3 heterocycles. The highest BCUT2D eigenvalue weighted by molar-refractivity contribution is 6.01. The van der Waals surface area contributed by atoms with Crippen molar-refractivity contribution in [2.75, 3.05) is 5.32 Å². The molecule has 1 aliphatic heterocycles. The Morgan fingerprint density at radius 2 is 2.32 bits per heavy atom. The van der Waals surface area contributed by atoms with Crippen molar-refractivity contribution in [3.63, 3.8) is 0 Å². The third-order valence-electron chi connectivity index (χ3n) is 3.06. The molecule has 0 radical (unpaired) electrons. The largest absolute Gasteiger partial charge is 0.357 e. The van der Waals surface area contributed by atoms with E-state index >= 15 is 0 Å². The number of nitrogens with zero attached hydrogens (tertiary/aromatic N) is 3. The number of imide groups is 1. The Morgan fingerprint density at radius 3 is 3.11 bits per heavy atom. The van der Waals surface area contributed by atoms with Crippen LogP contribution in [0.25, 0.3) is 5.52 Å². The van der Waals surface area contributed by atoms with E-state index in [1.165, 1.54) is 0 Å². The molecule has 2 aromatic heterocycles. The van der Waals surface area contributed by atoms with Crippen molar-refractivity contribution >= 4 is 23.1 Å². The van der Waals surface area contributed by atoms with Gasteiger partial charge in [-0.15, -0.1) is 0 Å². The Morgan fingerprint density at radius 1 is 1.47 bits per heavy atom. The van der Waals surface area contributed by atoms with E-state index in [0.29, 0.717) is 18.7 Å². The van der Waals surface area contributed by atoms with Gasteiger partial charge in [0.15, 0.2) is 5.82 Å². The molecule has 1 atom stereocenters. The van der Waals surface area contributed by atoms with Crippen LogP contribution < -0.4 is 10.6 Å². The highest BCUT2D eigenvalue weighted by atomic mass is 16.2. The van der Waals surface area contributed by atoms with E-state index in [-0.39, 0.29) is 11.8 Å². The van der Waals surface area contributed by atoms with Gasteiger partial charge in [-0.05, 0) is 19.4 Å². The number of aryl methyl sites for hydroxylation is 1. The lowest BCUT2D eigenvalue weighted by molar-refractivity contribution is -0.133. The number of hydrogen-bond acceptors (Lipinski definition) is 5. The minimum Gasteiger partial charge on any atom is -0.357 e. The maximum absolute atomic E-state index is 11.7. The van der Waals surface area contributed by atoms with Crippen LogP contribution in [0.15, 0.2) is 18.5 Å². The van der Waals surface area contributed by atoms with Crippen molar-refractivity contribution in [3.8, 4) is 0 Å². The topological polar surface area (TPSA) is 88.4 Å². The molecule has 2 amide bonds. The first kappa shape index (κ1) is 11.6. The van der Waals surface area contributed by atoms with Crippen molar-refractivity contribution in [2.24, 2.45) is 0 Å². The van der Waals surface area contributed by atoms with Gasteiger partial charge in [0, 0.05) is 18.8 Å². The minimum absolute atomic E-state index is 0.227. The number of aromatic nitrogens is 3. The van der Waals surface area contributed by atoms with Crippen molar-refractivity contribution in [3.05, 3.63) is 24.2 Å². The first-order valence-electron chi connectivity index (χ1n) is 6.05. The molecule has 1 unspecified atom stereocenters. The van der Waals surface area contributed by atoms with Crippen LogP contribution in [0.1, 0.15) is 18.5 Å². The predicted octanol–water partition coefficient (Wildman–Crippen LogP) is 0.255. The maximum Gasteiger partial charge on any atom is 0.249 e. The second kappa shape index (κ2) is 4.34. The fourth-order valence-corrected chi connectivity index (χ4v) is 2.15. The molecule has 7 nitrogen and oxygen atoms in total. The normalized spacial score (nSPS) is 19.5. The zero-order valence-electron chi connectivity index (χ0n) is 10.4. The molecule has 2 N–H and O–H groups in total. The second-order valence-corrected chi connectivity index (χ2v) is 4.54. The summed E-state index contributed by atoms with van der Waals surface area (Å²) < 4.78 is 1.70. The van der Waals surface area contributed by atoms with E-state index in [1.807, 2.05) is 13.0 Å². The smallest absolute Gasteiger partial charge is 0.249 e. The lowest BCUT2D eigenvalue weighted by Crippen LogP contribution is -2.47. The Hall–Kier alpha value is -2.44. The zero-order valence-corrected chi connectivity index (χ0v) is 10.4. The number of nitrogens with one attached hydrogen (secondary N) is 2. The van der Waals surface area contributed by atoms with E-state index < -0.39 is 6.04 Å². The Bertz CT molecular complexity index is 663. The first-order chi connectivity index (χ1) is 9.13. The number of fused-ring (bicyclic) bond motifs is 1. The summed E-state index contributed by atoms with van der Waals surface area (Å²) in [5, 5.41) is 9.66. The SMILES string of the molecule is Cc1cc2c(NC3CCC(=O)NC3=O)nccn2n1. The van der Waals surface area contributed by atoms with Crippen LogP contribution >= 0.6 is 0 Å². The number of hydrogen-bond donors (Lipinski definition) is 2. The number of carbonyl (C=O) groups is 2. The summed E-state index contributed by atoms with van der Waals surface area (Å²) in [6.45, 7) is 1.89. The number of amides is 2. The molecular weight excluding hydrogens is 246 g/mol. The standard InChI is InChI=1S/C12H13N5O2/c1-7-6-9-11(13-4-5-17(9)16-7)14-8-2-3-10(18)15-12(8)19/h4-6,8H,2-3H2,1H3,(H,13,14)(H,15,18,19). The quantitative estimate of drug-likeness (QED) is 0.755. The van der Waals surface area contributed by atoms with Crippen LogP contribution in [0.5, 0.6) is 0 Å². The summed E-state index contributed by atoms with van der Waals surface area (Å²) in [6.07, 6.45) is 4.18. The third-order valence-corrected chi connectivity index (χ3v) is 3.06. The summed E-state index contributed by atoms with van der Waals surface area (Å²) in [5.74, 6) is 0.0586. The molecule has 7 heteroatoms. The van der Waals surface area contributed by atoms with E-state index in [1.54, 1.807) is 16.9 Å². The monoisotopic (exact) mass is 259 g/mol. The zero-order chi connectivity index (χ0) is 13.4. The molecule has 0 bridgehead atoms. The average Bonchev–Trinajstić information content (AvgIpc) is 2.74. The van der Waals surface area contributed by atoms with E-state index in [4.69, 9.17) is 0 Å². The van der Waals surface area contributed by atoms with Gasteiger partial charge in [0.2, 0.25) is 11.8 Å². The number of carbonyl (C=O) groups excluding carboxylic acids is 2. The molecule has 98 valence electrons. The van der Waals surface area contributed by atoms with Gasteiger partial charge in [0.1, 0.15) is 11.6 Å². The lowest BCUT2D eigenvalue weighted by atomic mass is 10.1. The Kier molecular flexibility index (Phi) is 2.66. The van der Waals surface area contributed by atoms with Crippen molar-refractivity contribution in [2.45, 2.75) is 25.8 Å². The molecule has 0 aromatic carbocycles. The van der Waals surface area contributed by atoms with Crippen LogP contribution in [-0.2, 0) is 9.59 Å². The van der Waals surface area contributed by atoms with Crippen LogP contribution in [0.2, 0.25) is 0 Å². The number of rotatable bonds is 2. The summed E-state index contributed by atoms with van der Waals surface area (Å²) in [5.41, 5.74) is 1.68. The molecular formula is C12H13N5O2. The van der Waals surface area contributed by atoms with Gasteiger partial charge in [-0.3, -0.25) is 14.9 Å². The summed E-state index contributed by atoms with van der Waals surface area (Å²) in [4.78, 5) is 27.0. The molecule has 1 saturated heterocycles. The van der Waals surface area contributed by atoms with Gasteiger partial charge in [-0.25, -0.2) is 9.50 Å². The Balaban J connectivity index is 1.89. The molecule has 1 aliphatic rings. The molecule has 19 heavy (non-hydrogen) atoms. The summed E-state index contributed by atoms with van der Waals surface area (Å²) >= 11 is 0. The average molecular weight is 259 g/mol. The molecule has 3 rings (SSSR count). The molecule has 0 spiro atoms. The number of piperidine rings is 1. The molecule has 0 aliphatic carbocycles. The van der Waals surface area contributed by atoms with E-state index in [2.05, 4.69) is 20.7 Å². The summed E-state index contributed by atoms with van der Waals surface area (Å²) in [6, 6.07) is 1.45. The minimum atomic E-state index is -0.438. The molecule has 2 aromatic rings. The van der Waals surface area contributed by atoms with Gasteiger partial charge in [0.25, 0.3) is 0 Å². The lowest BCUT2D eigenvalue weighted by Gasteiger charge is -2.22. The highest BCUT2D eigenvalue weighted by Gasteiger charge is 2.27. The van der Waals surface area contributed by atoms with Gasteiger partial charge in [-0.1, -0.05) is 0 Å². The van der Waals surface area contributed by atoms with Crippen molar-refractivity contribution < 1.29 is 9.59 Å². The fraction of sp³-hybridized carbons (Fsp3) is 0.333. The van der Waals surface area contributed by atoms with Crippen molar-refractivity contribution in [1.82, 2.24) is 19.9 Å². The maximum atomic E-state index is 11.7. The Labute approximate surface area is 109 Å². The first-order valence-corrected chi connectivity index (χ1v) is 6.05. The molecule has 1 fully saturated rings. The van der Waals surface area contributed by atoms with Crippen LogP contribution in [0.4, 0.5) is 5.82 Å². The fourth-order valence-electron chi connectivity index (χ4n) is 2.15. The van der Waals surface area contributed by atoms with Gasteiger partial charge >= 0.3 is 0 Å². The van der Waals surface area contributed by atoms with Crippen LogP contribution in [-0.4, -0.2) is 32.5 Å². The van der Waals surface area contributed by atoms with Gasteiger partial charge in [-0.2, -0.15) is 5.10 Å². The van der Waals surface area contributed by atoms with E-state index in [0.717, 1.165) is 11.2 Å². The van der Waals surface area contributed by atoms with E-state index in [9.17, 15) is 9.59 Å². The second-order valence-electron chi connectivity index (χ2n) is 4.54. The van der Waals surface area contributed by atoms with Crippen LogP contribution in [0, 0.1) is 6.92 Å². The van der Waals surface area contributed by atoms with Gasteiger partial charge < -0.3 is 5.32 Å². The van der Waals surface area contributed by atoms with Gasteiger partial charge in [0.05, 0.1) is 5.69 Å². The van der Waals surface area contributed by atoms with Crippen LogP contribution in [0.3, 0.4) is 0 Å². The highest BCUT2D eigenvalue weighted by Crippen LogP contribution is 2.18. The van der Waals surface area contributed by atoms with Crippen molar-refractivity contribution in [1.29, 1.82) is 0 Å². The number of anilines is 1. The predicted molar refractivity (Wildman–Crippen MR) is 67.5 cm³/mol.